The fourth-order valence-electron chi connectivity index (χ4n) is 0.930. The molecule has 0 bridgehead atoms. The van der Waals surface area contributed by atoms with E-state index in [1.807, 2.05) is 0 Å². The molecule has 1 rings (SSSR count). The summed E-state index contributed by atoms with van der Waals surface area (Å²) >= 11 is 5.64. The summed E-state index contributed by atoms with van der Waals surface area (Å²) in [6.45, 7) is 1.68. The van der Waals surface area contributed by atoms with Crippen molar-refractivity contribution in [2.75, 3.05) is 0 Å². The zero-order valence-electron chi connectivity index (χ0n) is 7.35. The van der Waals surface area contributed by atoms with Gasteiger partial charge in [-0.05, 0) is 18.6 Å². The number of alkyl halides is 2. The van der Waals surface area contributed by atoms with Crippen LogP contribution in [0.2, 0.25) is 5.02 Å². The molecule has 0 spiro atoms. The summed E-state index contributed by atoms with van der Waals surface area (Å²) < 4.78 is 26.1. The molecule has 1 amide bonds. The lowest BCUT2D eigenvalue weighted by Crippen LogP contribution is -2.32. The Kier molecular flexibility index (Phi) is 2.76. The second-order valence-corrected chi connectivity index (χ2v) is 3.31. The summed E-state index contributed by atoms with van der Waals surface area (Å²) in [5.41, 5.74) is 4.74. The maximum Gasteiger partial charge on any atom is 0.349 e. The van der Waals surface area contributed by atoms with E-state index in [2.05, 4.69) is 5.73 Å². The summed E-state index contributed by atoms with van der Waals surface area (Å²) in [5, 5.41) is 0.184. The van der Waals surface area contributed by atoms with Crippen LogP contribution in [0.4, 0.5) is 8.78 Å². The first kappa shape index (κ1) is 10.9. The van der Waals surface area contributed by atoms with Crippen molar-refractivity contribution in [3.05, 3.63) is 34.3 Å². The number of hydrogen-bond acceptors (Lipinski definition) is 1. The molecule has 14 heavy (non-hydrogen) atoms. The molecule has 0 aliphatic heterocycles. The van der Waals surface area contributed by atoms with Crippen LogP contribution in [0.15, 0.2) is 18.2 Å². The van der Waals surface area contributed by atoms with E-state index in [9.17, 15) is 13.6 Å². The lowest BCUT2D eigenvalue weighted by molar-refractivity contribution is -0.143. The van der Waals surface area contributed by atoms with Gasteiger partial charge in [-0.3, -0.25) is 4.79 Å². The Balaban J connectivity index is 3.21. The minimum atomic E-state index is -3.67. The molecule has 5 heteroatoms. The summed E-state index contributed by atoms with van der Waals surface area (Å²) in [6, 6.07) is 3.59. The molecule has 76 valence electrons. The molecule has 0 atom stereocenters. The van der Waals surface area contributed by atoms with Gasteiger partial charge in [0.1, 0.15) is 0 Å². The summed E-state index contributed by atoms with van der Waals surface area (Å²) in [4.78, 5) is 10.4. The van der Waals surface area contributed by atoms with E-state index >= 15 is 0 Å². The van der Waals surface area contributed by atoms with Gasteiger partial charge in [0.25, 0.3) is 5.91 Å². The van der Waals surface area contributed by atoms with Crippen molar-refractivity contribution >= 4 is 17.5 Å². The van der Waals surface area contributed by atoms with Gasteiger partial charge in [-0.2, -0.15) is 8.78 Å². The summed E-state index contributed by atoms with van der Waals surface area (Å²) in [5.74, 6) is -5.35. The molecular formula is C9H8ClF2NO. The van der Waals surface area contributed by atoms with Crippen LogP contribution in [0, 0.1) is 6.92 Å². The number of carbonyl (C=O) groups excluding carboxylic acids is 1. The fraction of sp³-hybridized carbons (Fsp3) is 0.222. The minimum absolute atomic E-state index is 0.184. The Morgan fingerprint density at radius 2 is 2.07 bits per heavy atom. The molecule has 0 aliphatic carbocycles. The van der Waals surface area contributed by atoms with Crippen LogP contribution in [0.25, 0.3) is 0 Å². The Morgan fingerprint density at radius 3 is 2.50 bits per heavy atom. The van der Waals surface area contributed by atoms with Crippen molar-refractivity contribution in [2.24, 2.45) is 5.73 Å². The van der Waals surface area contributed by atoms with Gasteiger partial charge in [-0.25, -0.2) is 0 Å². The largest absolute Gasteiger partial charge is 0.364 e. The quantitative estimate of drug-likeness (QED) is 0.814. The van der Waals surface area contributed by atoms with Gasteiger partial charge in [0.2, 0.25) is 0 Å². The highest BCUT2D eigenvalue weighted by atomic mass is 35.5. The third-order valence-corrected chi connectivity index (χ3v) is 2.25. The molecule has 1 aromatic carbocycles. The number of aryl methyl sites for hydroxylation is 1. The van der Waals surface area contributed by atoms with E-state index in [-0.39, 0.29) is 5.02 Å². The van der Waals surface area contributed by atoms with Crippen molar-refractivity contribution in [2.45, 2.75) is 12.8 Å². The first-order valence-corrected chi connectivity index (χ1v) is 4.18. The number of hydrogen-bond donors (Lipinski definition) is 1. The number of rotatable bonds is 2. The predicted molar refractivity (Wildman–Crippen MR) is 49.3 cm³/mol. The number of carbonyl (C=O) groups is 1. The van der Waals surface area contributed by atoms with Crippen molar-refractivity contribution < 1.29 is 13.6 Å². The maximum atomic E-state index is 13.1. The van der Waals surface area contributed by atoms with Crippen LogP contribution in [-0.2, 0) is 10.7 Å². The molecule has 1 aromatic rings. The van der Waals surface area contributed by atoms with Gasteiger partial charge in [-0.15, -0.1) is 0 Å². The summed E-state index contributed by atoms with van der Waals surface area (Å²) in [6.07, 6.45) is 0. The highest BCUT2D eigenvalue weighted by Gasteiger charge is 2.38. The Morgan fingerprint density at radius 1 is 1.50 bits per heavy atom. The minimum Gasteiger partial charge on any atom is -0.364 e. The van der Waals surface area contributed by atoms with E-state index in [4.69, 9.17) is 11.6 Å². The number of benzene rings is 1. The van der Waals surface area contributed by atoms with Crippen molar-refractivity contribution in [1.29, 1.82) is 0 Å². The second kappa shape index (κ2) is 3.53. The van der Waals surface area contributed by atoms with Crippen LogP contribution in [0.5, 0.6) is 0 Å². The molecule has 0 aliphatic rings. The number of halogens is 3. The number of primary amides is 1. The lowest BCUT2D eigenvalue weighted by Gasteiger charge is -2.13. The first-order valence-electron chi connectivity index (χ1n) is 3.80. The van der Waals surface area contributed by atoms with Gasteiger partial charge < -0.3 is 5.73 Å². The molecule has 0 unspecified atom stereocenters. The number of nitrogens with two attached hydrogens (primary N) is 1. The normalized spacial score (nSPS) is 11.4. The van der Waals surface area contributed by atoms with Gasteiger partial charge in [0.15, 0.2) is 0 Å². The topological polar surface area (TPSA) is 43.1 Å². The predicted octanol–water partition coefficient (Wildman–Crippen LogP) is 2.23. The van der Waals surface area contributed by atoms with Crippen molar-refractivity contribution in [3.8, 4) is 0 Å². The monoisotopic (exact) mass is 219 g/mol. The molecule has 2 N–H and O–H groups in total. The van der Waals surface area contributed by atoms with E-state index in [0.717, 1.165) is 12.1 Å². The molecule has 0 heterocycles. The van der Waals surface area contributed by atoms with Gasteiger partial charge >= 0.3 is 5.92 Å². The van der Waals surface area contributed by atoms with E-state index in [1.165, 1.54) is 6.07 Å². The first-order chi connectivity index (χ1) is 6.35. The highest BCUT2D eigenvalue weighted by Crippen LogP contribution is 2.30. The number of amides is 1. The molecule has 2 nitrogen and oxygen atoms in total. The Bertz CT molecular complexity index is 379. The third kappa shape index (κ3) is 1.85. The van der Waals surface area contributed by atoms with Crippen LogP contribution < -0.4 is 5.73 Å². The van der Waals surface area contributed by atoms with Crippen LogP contribution in [-0.4, -0.2) is 5.91 Å². The smallest absolute Gasteiger partial charge is 0.349 e. The van der Waals surface area contributed by atoms with Gasteiger partial charge in [0.05, 0.1) is 0 Å². The van der Waals surface area contributed by atoms with Crippen molar-refractivity contribution in [3.63, 3.8) is 0 Å². The highest BCUT2D eigenvalue weighted by molar-refractivity contribution is 6.31. The van der Waals surface area contributed by atoms with E-state index < -0.39 is 17.4 Å². The summed E-state index contributed by atoms with van der Waals surface area (Å²) in [7, 11) is 0. The van der Waals surface area contributed by atoms with Crippen LogP contribution >= 0.6 is 11.6 Å². The lowest BCUT2D eigenvalue weighted by atomic mass is 10.1. The second-order valence-electron chi connectivity index (χ2n) is 2.90. The van der Waals surface area contributed by atoms with Crippen molar-refractivity contribution in [1.82, 2.24) is 0 Å². The Hall–Kier alpha value is -1.16. The standard InChI is InChI=1S/C9H8ClF2NO/c1-5-2-3-6(4-7(5)10)9(11,12)8(13)14/h2-4H,1H3,(H2,13,14). The SMILES string of the molecule is Cc1ccc(C(F)(F)C(N)=O)cc1Cl. The maximum absolute atomic E-state index is 13.1. The van der Waals surface area contributed by atoms with E-state index in [0.29, 0.717) is 5.56 Å². The average Bonchev–Trinajstić information content (AvgIpc) is 2.09. The average molecular weight is 220 g/mol. The molecule has 0 aromatic heterocycles. The zero-order valence-corrected chi connectivity index (χ0v) is 8.11. The third-order valence-electron chi connectivity index (χ3n) is 1.84. The van der Waals surface area contributed by atoms with Gasteiger partial charge in [0, 0.05) is 10.6 Å². The molecular weight excluding hydrogens is 212 g/mol. The molecule has 0 saturated carbocycles. The van der Waals surface area contributed by atoms with E-state index in [1.54, 1.807) is 6.92 Å². The molecule has 0 radical (unpaired) electrons. The Labute approximate surface area is 84.7 Å². The fourth-order valence-corrected chi connectivity index (χ4v) is 1.11. The molecule has 0 saturated heterocycles. The van der Waals surface area contributed by atoms with Crippen LogP contribution in [0.1, 0.15) is 11.1 Å². The van der Waals surface area contributed by atoms with Gasteiger partial charge in [-0.1, -0.05) is 23.7 Å². The zero-order chi connectivity index (χ0) is 10.9. The molecule has 0 fully saturated rings. The van der Waals surface area contributed by atoms with Crippen LogP contribution in [0.3, 0.4) is 0 Å².